The first-order valence-corrected chi connectivity index (χ1v) is 10.1. The minimum absolute atomic E-state index is 0.157. The first-order chi connectivity index (χ1) is 14.0. The van der Waals surface area contributed by atoms with Crippen LogP contribution in [0.4, 0.5) is 11.4 Å². The molecule has 1 saturated heterocycles. The van der Waals surface area contributed by atoms with Gasteiger partial charge in [-0.25, -0.2) is 0 Å². The lowest BCUT2D eigenvalue weighted by Gasteiger charge is -2.17. The van der Waals surface area contributed by atoms with Gasteiger partial charge in [-0.3, -0.25) is 9.69 Å². The van der Waals surface area contributed by atoms with Crippen molar-refractivity contribution >= 4 is 51.7 Å². The molecule has 0 aliphatic carbocycles. The SMILES string of the molecule is C=CCOc1c(/C=C2\SC(=S)N(c3ccc(N(C)C)cc3)C2=O)cccc1OC. The molecule has 29 heavy (non-hydrogen) atoms. The second-order valence-corrected chi connectivity index (χ2v) is 8.08. The summed E-state index contributed by atoms with van der Waals surface area (Å²) in [5.41, 5.74) is 2.54. The molecule has 2 aromatic rings. The summed E-state index contributed by atoms with van der Waals surface area (Å²) in [6.45, 7) is 4.01. The standard InChI is InChI=1S/C22H22N2O3S2/c1-5-13-27-20-15(7-6-8-18(20)26-4)14-19-21(25)24(22(28)29-19)17-11-9-16(10-12-17)23(2)3/h5-12,14H,1,13H2,2-4H3/b19-14-. The Hall–Kier alpha value is -2.77. The number of rotatable bonds is 7. The molecule has 1 aliphatic rings. The molecule has 0 radical (unpaired) electrons. The monoisotopic (exact) mass is 426 g/mol. The highest BCUT2D eigenvalue weighted by molar-refractivity contribution is 8.27. The molecular formula is C22H22N2O3S2. The van der Waals surface area contributed by atoms with Crippen molar-refractivity contribution in [3.05, 3.63) is 65.6 Å². The van der Waals surface area contributed by atoms with Crippen molar-refractivity contribution in [2.24, 2.45) is 0 Å². The normalized spacial score (nSPS) is 15.0. The predicted octanol–water partition coefficient (Wildman–Crippen LogP) is 4.73. The van der Waals surface area contributed by atoms with Crippen LogP contribution in [0.2, 0.25) is 0 Å². The van der Waals surface area contributed by atoms with Gasteiger partial charge in [0, 0.05) is 25.3 Å². The summed E-state index contributed by atoms with van der Waals surface area (Å²) in [6.07, 6.45) is 3.45. The van der Waals surface area contributed by atoms with Gasteiger partial charge in [0.15, 0.2) is 15.8 Å². The van der Waals surface area contributed by atoms with Gasteiger partial charge in [-0.1, -0.05) is 48.8 Å². The van der Waals surface area contributed by atoms with E-state index in [9.17, 15) is 4.79 Å². The summed E-state index contributed by atoms with van der Waals surface area (Å²) in [6, 6.07) is 13.3. The van der Waals surface area contributed by atoms with Crippen molar-refractivity contribution in [3.63, 3.8) is 0 Å². The van der Waals surface area contributed by atoms with Crippen molar-refractivity contribution in [1.29, 1.82) is 0 Å². The predicted molar refractivity (Wildman–Crippen MR) is 125 cm³/mol. The maximum absolute atomic E-state index is 13.1. The van der Waals surface area contributed by atoms with Crippen molar-refractivity contribution in [3.8, 4) is 11.5 Å². The van der Waals surface area contributed by atoms with E-state index in [1.54, 1.807) is 24.2 Å². The highest BCUT2D eigenvalue weighted by atomic mass is 32.2. The Bertz CT molecular complexity index is 969. The molecule has 0 spiro atoms. The van der Waals surface area contributed by atoms with Crippen LogP contribution in [0.1, 0.15) is 5.56 Å². The van der Waals surface area contributed by atoms with E-state index in [1.807, 2.05) is 61.5 Å². The van der Waals surface area contributed by atoms with Crippen LogP contribution in [0.3, 0.4) is 0 Å². The van der Waals surface area contributed by atoms with Gasteiger partial charge >= 0.3 is 0 Å². The van der Waals surface area contributed by atoms with Crippen LogP contribution >= 0.6 is 24.0 Å². The van der Waals surface area contributed by atoms with E-state index in [0.717, 1.165) is 16.9 Å². The van der Waals surface area contributed by atoms with Crippen molar-refractivity contribution in [2.75, 3.05) is 37.6 Å². The number of amides is 1. The molecule has 0 unspecified atom stereocenters. The number of carbonyl (C=O) groups is 1. The second kappa shape index (κ2) is 9.15. The summed E-state index contributed by atoms with van der Waals surface area (Å²) >= 11 is 6.75. The third-order valence-corrected chi connectivity index (χ3v) is 5.58. The summed E-state index contributed by atoms with van der Waals surface area (Å²) in [4.78, 5) is 17.2. The number of thioether (sulfide) groups is 1. The van der Waals surface area contributed by atoms with Crippen molar-refractivity contribution < 1.29 is 14.3 Å². The average molecular weight is 427 g/mol. The zero-order chi connectivity index (χ0) is 21.0. The van der Waals surface area contributed by atoms with Gasteiger partial charge in [0.05, 0.1) is 17.7 Å². The Kier molecular flexibility index (Phi) is 6.61. The largest absolute Gasteiger partial charge is 0.493 e. The Balaban J connectivity index is 1.93. The van der Waals surface area contributed by atoms with Crippen LogP contribution in [0, 0.1) is 0 Å². The number of hydrogen-bond donors (Lipinski definition) is 0. The average Bonchev–Trinajstić information content (AvgIpc) is 2.99. The Morgan fingerprint density at radius 3 is 2.55 bits per heavy atom. The van der Waals surface area contributed by atoms with Gasteiger partial charge in [-0.15, -0.1) is 0 Å². The molecule has 3 rings (SSSR count). The van der Waals surface area contributed by atoms with Gasteiger partial charge in [0.25, 0.3) is 5.91 Å². The Labute approximate surface area is 180 Å². The minimum Gasteiger partial charge on any atom is -0.493 e. The third-order valence-electron chi connectivity index (χ3n) is 4.28. The fraction of sp³-hybridized carbons (Fsp3) is 0.182. The molecule has 0 bridgehead atoms. The number of methoxy groups -OCH3 is 1. The number of anilines is 2. The second-order valence-electron chi connectivity index (χ2n) is 6.41. The van der Waals surface area contributed by atoms with E-state index in [-0.39, 0.29) is 5.91 Å². The lowest BCUT2D eigenvalue weighted by molar-refractivity contribution is -0.113. The molecule has 1 heterocycles. The molecule has 2 aromatic carbocycles. The summed E-state index contributed by atoms with van der Waals surface area (Å²) < 4.78 is 11.7. The topological polar surface area (TPSA) is 42.0 Å². The number of para-hydroxylation sites is 1. The van der Waals surface area contributed by atoms with Crippen molar-refractivity contribution in [1.82, 2.24) is 0 Å². The minimum atomic E-state index is -0.157. The van der Waals surface area contributed by atoms with Crippen LogP contribution in [0.5, 0.6) is 11.5 Å². The molecule has 150 valence electrons. The number of ether oxygens (including phenoxy) is 2. The zero-order valence-corrected chi connectivity index (χ0v) is 18.2. The van der Waals surface area contributed by atoms with E-state index in [2.05, 4.69) is 6.58 Å². The maximum Gasteiger partial charge on any atom is 0.270 e. The lowest BCUT2D eigenvalue weighted by Crippen LogP contribution is -2.27. The molecule has 0 atom stereocenters. The zero-order valence-electron chi connectivity index (χ0n) is 16.5. The van der Waals surface area contributed by atoms with Gasteiger partial charge in [-0.2, -0.15) is 0 Å². The van der Waals surface area contributed by atoms with Crippen LogP contribution in [0.25, 0.3) is 6.08 Å². The first-order valence-electron chi connectivity index (χ1n) is 8.92. The van der Waals surface area contributed by atoms with Crippen molar-refractivity contribution in [2.45, 2.75) is 0 Å². The number of benzene rings is 2. The summed E-state index contributed by atoms with van der Waals surface area (Å²) in [5, 5.41) is 0. The van der Waals surface area contributed by atoms with Crippen LogP contribution in [0.15, 0.2) is 60.0 Å². The van der Waals surface area contributed by atoms with Crippen LogP contribution < -0.4 is 19.3 Å². The maximum atomic E-state index is 13.1. The number of thiocarbonyl (C=S) groups is 1. The smallest absolute Gasteiger partial charge is 0.270 e. The molecule has 1 amide bonds. The molecule has 0 saturated carbocycles. The molecule has 7 heteroatoms. The third kappa shape index (κ3) is 4.46. The van der Waals surface area contributed by atoms with E-state index in [4.69, 9.17) is 21.7 Å². The summed E-state index contributed by atoms with van der Waals surface area (Å²) in [5.74, 6) is 1.00. The molecular weight excluding hydrogens is 404 g/mol. The highest BCUT2D eigenvalue weighted by Gasteiger charge is 2.33. The number of nitrogens with zero attached hydrogens (tertiary/aromatic N) is 2. The summed E-state index contributed by atoms with van der Waals surface area (Å²) in [7, 11) is 5.52. The van der Waals surface area contributed by atoms with E-state index >= 15 is 0 Å². The highest BCUT2D eigenvalue weighted by Crippen LogP contribution is 2.39. The number of carbonyl (C=O) groups excluding carboxylic acids is 1. The van der Waals surface area contributed by atoms with Gasteiger partial charge in [0.1, 0.15) is 6.61 Å². The molecule has 1 aliphatic heterocycles. The Morgan fingerprint density at radius 2 is 1.93 bits per heavy atom. The lowest BCUT2D eigenvalue weighted by atomic mass is 10.1. The van der Waals surface area contributed by atoms with Crippen LogP contribution in [-0.4, -0.2) is 38.0 Å². The molecule has 0 aromatic heterocycles. The number of hydrogen-bond acceptors (Lipinski definition) is 6. The van der Waals surface area contributed by atoms with E-state index in [1.165, 1.54) is 11.8 Å². The van der Waals surface area contributed by atoms with E-state index < -0.39 is 0 Å². The van der Waals surface area contributed by atoms with Gasteiger partial charge < -0.3 is 14.4 Å². The van der Waals surface area contributed by atoms with Gasteiger partial charge in [0.2, 0.25) is 0 Å². The fourth-order valence-corrected chi connectivity index (χ4v) is 4.13. The molecule has 5 nitrogen and oxygen atoms in total. The Morgan fingerprint density at radius 1 is 1.21 bits per heavy atom. The fourth-order valence-electron chi connectivity index (χ4n) is 2.84. The molecule has 0 N–H and O–H groups in total. The first kappa shape index (κ1) is 21.0. The van der Waals surface area contributed by atoms with Crippen LogP contribution in [-0.2, 0) is 4.79 Å². The molecule has 1 fully saturated rings. The quantitative estimate of drug-likeness (QED) is 0.362. The van der Waals surface area contributed by atoms with Gasteiger partial charge in [-0.05, 0) is 36.4 Å². The van der Waals surface area contributed by atoms with E-state index in [0.29, 0.717) is 27.3 Å².